The number of imide groups is 1. The summed E-state index contributed by atoms with van der Waals surface area (Å²) >= 11 is 0. The average Bonchev–Trinajstić information content (AvgIpc) is 3.88. The first kappa shape index (κ1) is 39.4. The lowest BCUT2D eigenvalue weighted by molar-refractivity contribution is -0.138. The minimum atomic E-state index is -0.628. The zero-order valence-electron chi connectivity index (χ0n) is 33.8. The fraction of sp³-hybridized carbons (Fsp3) is 0.364. The Labute approximate surface area is 341 Å². The summed E-state index contributed by atoms with van der Waals surface area (Å²) in [5.41, 5.74) is 7.18. The molecule has 2 atom stereocenters. The van der Waals surface area contributed by atoms with Gasteiger partial charge in [0.1, 0.15) is 23.5 Å². The number of ether oxygens (including phenoxy) is 1. The SMILES string of the molecule is Cc1cc(-c2ncnc3[nH]c(-c4ccc(NCCN[C@H]5C[C@@H](c6ccc(O[C@@H]7CCC(=O)NC7=O)cc6)C5)nc4)cc23)ccc1[C@@H](C)NC(=O)c1nc(C(C)(C)C)no1. The van der Waals surface area contributed by atoms with Crippen molar-refractivity contribution < 1.29 is 23.6 Å². The minimum Gasteiger partial charge on any atom is -0.481 e. The Kier molecular flexibility index (Phi) is 10.9. The predicted octanol–water partition coefficient (Wildman–Crippen LogP) is 6.30. The number of amides is 3. The van der Waals surface area contributed by atoms with Crippen LogP contribution in [0.25, 0.3) is 33.5 Å². The highest BCUT2D eigenvalue weighted by molar-refractivity contribution is 6.00. The molecule has 15 nitrogen and oxygen atoms in total. The second-order valence-corrected chi connectivity index (χ2v) is 16.4. The van der Waals surface area contributed by atoms with E-state index in [-0.39, 0.29) is 29.2 Å². The Morgan fingerprint density at radius 2 is 1.78 bits per heavy atom. The molecule has 5 N–H and O–H groups in total. The van der Waals surface area contributed by atoms with E-state index >= 15 is 0 Å². The molecular formula is C44H48N10O5. The van der Waals surface area contributed by atoms with Crippen LogP contribution in [0.1, 0.15) is 98.5 Å². The number of piperidine rings is 1. The van der Waals surface area contributed by atoms with Crippen LogP contribution in [-0.4, -0.2) is 73.0 Å². The smallest absolute Gasteiger partial charge is 0.315 e. The molecule has 5 heterocycles. The lowest BCUT2D eigenvalue weighted by Gasteiger charge is -2.36. The van der Waals surface area contributed by atoms with Crippen LogP contribution >= 0.6 is 0 Å². The fourth-order valence-electron chi connectivity index (χ4n) is 7.54. The molecule has 0 bridgehead atoms. The van der Waals surface area contributed by atoms with Gasteiger partial charge >= 0.3 is 11.8 Å². The number of fused-ring (bicyclic) bond motifs is 1. The van der Waals surface area contributed by atoms with Crippen molar-refractivity contribution >= 4 is 34.6 Å². The second-order valence-electron chi connectivity index (χ2n) is 16.4. The Balaban J connectivity index is 0.811. The molecule has 0 unspecified atom stereocenters. The highest BCUT2D eigenvalue weighted by Crippen LogP contribution is 2.38. The Bertz CT molecular complexity index is 2480. The van der Waals surface area contributed by atoms with Crippen molar-refractivity contribution in [2.24, 2.45) is 0 Å². The van der Waals surface area contributed by atoms with E-state index in [1.54, 1.807) is 6.33 Å². The van der Waals surface area contributed by atoms with E-state index in [4.69, 9.17) is 9.26 Å². The maximum absolute atomic E-state index is 12.9. The van der Waals surface area contributed by atoms with Gasteiger partial charge in [-0.15, -0.1) is 0 Å². The van der Waals surface area contributed by atoms with Gasteiger partial charge in [-0.25, -0.2) is 15.0 Å². The van der Waals surface area contributed by atoms with Crippen molar-refractivity contribution in [3.8, 4) is 28.3 Å². The van der Waals surface area contributed by atoms with E-state index < -0.39 is 12.0 Å². The van der Waals surface area contributed by atoms with Gasteiger partial charge in [-0.05, 0) is 85.7 Å². The molecule has 0 radical (unpaired) electrons. The number of rotatable bonds is 13. The Morgan fingerprint density at radius 1 is 0.983 bits per heavy atom. The maximum atomic E-state index is 12.9. The van der Waals surface area contributed by atoms with Crippen molar-refractivity contribution in [1.82, 2.24) is 46.0 Å². The van der Waals surface area contributed by atoms with Gasteiger partial charge in [0.2, 0.25) is 5.91 Å². The summed E-state index contributed by atoms with van der Waals surface area (Å²) in [6, 6.07) is 20.2. The van der Waals surface area contributed by atoms with Crippen molar-refractivity contribution in [2.75, 3.05) is 18.4 Å². The summed E-state index contributed by atoms with van der Waals surface area (Å²) in [5.74, 6) is 1.30. The number of nitrogens with one attached hydrogen (secondary N) is 5. The van der Waals surface area contributed by atoms with E-state index in [9.17, 15) is 14.4 Å². The number of hydrogen-bond donors (Lipinski definition) is 5. The van der Waals surface area contributed by atoms with Crippen LogP contribution in [0.3, 0.4) is 0 Å². The number of aromatic amines is 1. The summed E-state index contributed by atoms with van der Waals surface area (Å²) in [6.45, 7) is 11.4. The highest BCUT2D eigenvalue weighted by atomic mass is 16.5. The zero-order valence-corrected chi connectivity index (χ0v) is 33.8. The number of H-pyrrole nitrogens is 1. The van der Waals surface area contributed by atoms with Gasteiger partial charge < -0.3 is 30.2 Å². The van der Waals surface area contributed by atoms with Gasteiger partial charge in [0.05, 0.1) is 11.7 Å². The van der Waals surface area contributed by atoms with E-state index in [0.717, 1.165) is 76.4 Å². The van der Waals surface area contributed by atoms with Gasteiger partial charge in [-0.2, -0.15) is 4.98 Å². The van der Waals surface area contributed by atoms with Crippen LogP contribution in [0.15, 0.2) is 77.7 Å². The van der Waals surface area contributed by atoms with Crippen LogP contribution in [0.5, 0.6) is 5.75 Å². The molecule has 6 aromatic rings. The van der Waals surface area contributed by atoms with Gasteiger partial charge in [-0.1, -0.05) is 50.2 Å². The molecule has 1 saturated carbocycles. The molecule has 8 rings (SSSR count). The van der Waals surface area contributed by atoms with E-state index in [1.807, 2.05) is 77.2 Å². The predicted molar refractivity (Wildman–Crippen MR) is 222 cm³/mol. The molecule has 2 fully saturated rings. The van der Waals surface area contributed by atoms with Crippen LogP contribution in [0.2, 0.25) is 0 Å². The van der Waals surface area contributed by atoms with Crippen LogP contribution < -0.4 is 26.0 Å². The number of carbonyl (C=O) groups excluding carboxylic acids is 3. The molecular weight excluding hydrogens is 749 g/mol. The maximum Gasteiger partial charge on any atom is 0.315 e. The van der Waals surface area contributed by atoms with Gasteiger partial charge in [-0.3, -0.25) is 19.7 Å². The Hall–Kier alpha value is -6.48. The first-order chi connectivity index (χ1) is 28.4. The molecule has 59 heavy (non-hydrogen) atoms. The molecule has 304 valence electrons. The van der Waals surface area contributed by atoms with E-state index in [2.05, 4.69) is 75.6 Å². The first-order valence-electron chi connectivity index (χ1n) is 20.0. The number of aromatic nitrogens is 6. The third-order valence-corrected chi connectivity index (χ3v) is 11.0. The first-order valence-corrected chi connectivity index (χ1v) is 20.0. The third-order valence-electron chi connectivity index (χ3n) is 11.0. The summed E-state index contributed by atoms with van der Waals surface area (Å²) in [4.78, 5) is 57.8. The molecule has 0 spiro atoms. The van der Waals surface area contributed by atoms with Crippen LogP contribution in [0, 0.1) is 6.92 Å². The Morgan fingerprint density at radius 3 is 2.49 bits per heavy atom. The summed E-state index contributed by atoms with van der Waals surface area (Å²) in [6.07, 6.45) is 5.59. The standard InChI is InChI=1S/C44H48N10O5/c1-24-18-27(8-12-32(24)25(2)50-41(57)42-53-43(54-59-42)44(3,4)5)38-33-21-34(51-39(33)49-23-48-38)28-9-14-36(47-22-28)46-17-16-45-30-19-29(20-30)26-6-10-31(11-7-26)58-35-13-15-37(55)52-40(35)56/h6-12,14,18,21-23,25,29-30,35,45H,13,15-17,19-20H2,1-5H3,(H,46,47)(H,50,57)(H,48,49,51)(H,52,55,56)/t25-,29-,30+,35-/m1/s1. The largest absolute Gasteiger partial charge is 0.481 e. The zero-order chi connectivity index (χ0) is 41.3. The summed E-state index contributed by atoms with van der Waals surface area (Å²) < 4.78 is 11.0. The lowest BCUT2D eigenvalue weighted by Crippen LogP contribution is -2.46. The van der Waals surface area contributed by atoms with Crippen LogP contribution in [0.4, 0.5) is 5.82 Å². The summed E-state index contributed by atoms with van der Waals surface area (Å²) in [7, 11) is 0. The lowest BCUT2D eigenvalue weighted by atomic mass is 9.76. The fourth-order valence-corrected chi connectivity index (χ4v) is 7.54. The molecule has 3 amide bonds. The molecule has 15 heteroatoms. The van der Waals surface area contributed by atoms with Crippen molar-refractivity contribution in [1.29, 1.82) is 0 Å². The number of carbonyl (C=O) groups is 3. The molecule has 4 aromatic heterocycles. The summed E-state index contributed by atoms with van der Waals surface area (Å²) in [5, 5.41) is 17.2. The number of pyridine rings is 1. The minimum absolute atomic E-state index is 0.0560. The molecule has 2 aliphatic rings. The number of aryl methyl sites for hydroxylation is 1. The quantitative estimate of drug-likeness (QED) is 0.0646. The van der Waals surface area contributed by atoms with Gasteiger partial charge in [0.25, 0.3) is 5.91 Å². The van der Waals surface area contributed by atoms with Crippen LogP contribution in [-0.2, 0) is 15.0 Å². The van der Waals surface area contributed by atoms with Crippen molar-refractivity contribution in [3.05, 3.63) is 102 Å². The monoisotopic (exact) mass is 796 g/mol. The number of anilines is 1. The van der Waals surface area contributed by atoms with E-state index in [0.29, 0.717) is 36.4 Å². The highest BCUT2D eigenvalue weighted by Gasteiger charge is 2.31. The topological polar surface area (TPSA) is 202 Å². The molecule has 1 saturated heterocycles. The average molecular weight is 797 g/mol. The normalized spacial score (nSPS) is 18.6. The van der Waals surface area contributed by atoms with Gasteiger partial charge in [0, 0.05) is 65.8 Å². The van der Waals surface area contributed by atoms with Crippen molar-refractivity contribution in [2.45, 2.75) is 89.8 Å². The van der Waals surface area contributed by atoms with Gasteiger partial charge in [0.15, 0.2) is 11.9 Å². The molecule has 1 aliphatic heterocycles. The van der Waals surface area contributed by atoms with Crippen molar-refractivity contribution in [3.63, 3.8) is 0 Å². The third kappa shape index (κ3) is 8.84. The molecule has 1 aliphatic carbocycles. The number of benzene rings is 2. The number of hydrogen-bond acceptors (Lipinski definition) is 12. The number of nitrogens with zero attached hydrogens (tertiary/aromatic N) is 5. The second kappa shape index (κ2) is 16.4. The van der Waals surface area contributed by atoms with E-state index in [1.165, 1.54) is 5.56 Å². The molecule has 2 aromatic carbocycles.